The van der Waals surface area contributed by atoms with E-state index in [9.17, 15) is 0 Å². The first-order chi connectivity index (χ1) is 10.0. The van der Waals surface area contributed by atoms with Crippen molar-refractivity contribution in [2.45, 2.75) is 45.7 Å². The van der Waals surface area contributed by atoms with Gasteiger partial charge in [-0.3, -0.25) is 4.90 Å². The first kappa shape index (κ1) is 16.2. The molecule has 1 N–H and O–H groups in total. The molecule has 5 nitrogen and oxygen atoms in total. The zero-order valence-corrected chi connectivity index (χ0v) is 13.8. The topological polar surface area (TPSA) is 44.3 Å². The number of nitrogens with one attached hydrogen (secondary N) is 1. The van der Waals surface area contributed by atoms with Crippen molar-refractivity contribution in [1.29, 1.82) is 0 Å². The zero-order valence-electron chi connectivity index (χ0n) is 13.8. The molecule has 2 rings (SSSR count). The van der Waals surface area contributed by atoms with E-state index in [0.717, 1.165) is 45.1 Å². The molecule has 21 heavy (non-hydrogen) atoms. The molecule has 1 aromatic rings. The summed E-state index contributed by atoms with van der Waals surface area (Å²) in [6, 6.07) is 2.43. The van der Waals surface area contributed by atoms with Crippen LogP contribution in [0.4, 0.5) is 5.95 Å². The maximum absolute atomic E-state index is 4.34. The molecule has 1 aliphatic rings. The van der Waals surface area contributed by atoms with E-state index in [1.54, 1.807) is 0 Å². The van der Waals surface area contributed by atoms with Gasteiger partial charge in [-0.05, 0) is 33.3 Å². The maximum atomic E-state index is 4.34. The molecular formula is C16H29N5. The molecule has 0 aliphatic carbocycles. The molecule has 1 aliphatic heterocycles. The molecule has 1 unspecified atom stereocenters. The summed E-state index contributed by atoms with van der Waals surface area (Å²) in [5.41, 5.74) is 0.230. The number of piperazine rings is 1. The van der Waals surface area contributed by atoms with Gasteiger partial charge in [0, 0.05) is 56.7 Å². The Labute approximate surface area is 128 Å². The van der Waals surface area contributed by atoms with Gasteiger partial charge in [0.2, 0.25) is 5.95 Å². The van der Waals surface area contributed by atoms with Crippen LogP contribution in [0.15, 0.2) is 18.5 Å². The van der Waals surface area contributed by atoms with Crippen molar-refractivity contribution in [3.8, 4) is 0 Å². The first-order valence-corrected chi connectivity index (χ1v) is 8.03. The molecule has 0 amide bonds. The molecule has 0 aromatic carbocycles. The third kappa shape index (κ3) is 4.64. The van der Waals surface area contributed by atoms with Crippen LogP contribution in [0.1, 0.15) is 34.1 Å². The van der Waals surface area contributed by atoms with Crippen molar-refractivity contribution < 1.29 is 0 Å². The minimum atomic E-state index is 0.230. The fourth-order valence-electron chi connectivity index (χ4n) is 2.50. The number of hydrogen-bond donors (Lipinski definition) is 1. The summed E-state index contributed by atoms with van der Waals surface area (Å²) >= 11 is 0. The van der Waals surface area contributed by atoms with Crippen molar-refractivity contribution in [3.05, 3.63) is 18.5 Å². The van der Waals surface area contributed by atoms with Gasteiger partial charge in [0.05, 0.1) is 0 Å². The fourth-order valence-corrected chi connectivity index (χ4v) is 2.50. The van der Waals surface area contributed by atoms with E-state index in [1.807, 2.05) is 18.5 Å². The highest BCUT2D eigenvalue weighted by Crippen LogP contribution is 2.13. The normalized spacial score (nSPS) is 18.8. The van der Waals surface area contributed by atoms with Gasteiger partial charge in [-0.15, -0.1) is 0 Å². The molecule has 0 saturated carbocycles. The van der Waals surface area contributed by atoms with Gasteiger partial charge in [0.15, 0.2) is 0 Å². The number of rotatable bonds is 6. The van der Waals surface area contributed by atoms with E-state index in [-0.39, 0.29) is 5.54 Å². The molecule has 0 spiro atoms. The van der Waals surface area contributed by atoms with E-state index in [4.69, 9.17) is 0 Å². The Bertz CT molecular complexity index is 412. The molecule has 1 aromatic heterocycles. The van der Waals surface area contributed by atoms with Gasteiger partial charge >= 0.3 is 0 Å². The maximum Gasteiger partial charge on any atom is 0.225 e. The zero-order chi connectivity index (χ0) is 15.3. The van der Waals surface area contributed by atoms with E-state index in [0.29, 0.717) is 6.04 Å². The van der Waals surface area contributed by atoms with Crippen LogP contribution in [0.25, 0.3) is 0 Å². The Kier molecular flexibility index (Phi) is 5.53. The van der Waals surface area contributed by atoms with Crippen LogP contribution in [0.3, 0.4) is 0 Å². The SMILES string of the molecule is CCC(C)(C)NCC(C)N1CCN(c2ncccn2)CC1. The van der Waals surface area contributed by atoms with Gasteiger partial charge in [-0.2, -0.15) is 0 Å². The summed E-state index contributed by atoms with van der Waals surface area (Å²) in [5, 5.41) is 3.67. The van der Waals surface area contributed by atoms with Gasteiger partial charge in [-0.1, -0.05) is 6.92 Å². The summed E-state index contributed by atoms with van der Waals surface area (Å²) in [5.74, 6) is 0.857. The molecule has 5 heteroatoms. The van der Waals surface area contributed by atoms with Crippen molar-refractivity contribution >= 4 is 5.95 Å². The molecular weight excluding hydrogens is 262 g/mol. The van der Waals surface area contributed by atoms with Crippen LogP contribution in [0.5, 0.6) is 0 Å². The Balaban J connectivity index is 1.78. The van der Waals surface area contributed by atoms with Crippen LogP contribution in [-0.4, -0.2) is 59.2 Å². The Morgan fingerprint density at radius 3 is 2.38 bits per heavy atom. The standard InChI is InChI=1S/C16H29N5/c1-5-16(3,4)19-13-14(2)20-9-11-21(12-10-20)15-17-7-6-8-18-15/h6-8,14,19H,5,9-13H2,1-4H3. The lowest BCUT2D eigenvalue weighted by Gasteiger charge is -2.39. The van der Waals surface area contributed by atoms with Gasteiger partial charge < -0.3 is 10.2 Å². The highest BCUT2D eigenvalue weighted by Gasteiger charge is 2.23. The summed E-state index contributed by atoms with van der Waals surface area (Å²) in [4.78, 5) is 13.5. The summed E-state index contributed by atoms with van der Waals surface area (Å²) in [6.07, 6.45) is 4.78. The molecule has 1 fully saturated rings. The van der Waals surface area contributed by atoms with Crippen LogP contribution in [-0.2, 0) is 0 Å². The Morgan fingerprint density at radius 1 is 1.19 bits per heavy atom. The Morgan fingerprint density at radius 2 is 1.81 bits per heavy atom. The van der Waals surface area contributed by atoms with E-state index in [1.165, 1.54) is 0 Å². The number of nitrogens with zero attached hydrogens (tertiary/aromatic N) is 4. The molecule has 2 heterocycles. The predicted molar refractivity (Wildman–Crippen MR) is 87.7 cm³/mol. The second-order valence-corrected chi connectivity index (χ2v) is 6.54. The quantitative estimate of drug-likeness (QED) is 0.865. The predicted octanol–water partition coefficient (Wildman–Crippen LogP) is 1.77. The lowest BCUT2D eigenvalue weighted by atomic mass is 10.0. The minimum absolute atomic E-state index is 0.230. The lowest BCUT2D eigenvalue weighted by molar-refractivity contribution is 0.181. The second-order valence-electron chi connectivity index (χ2n) is 6.54. The van der Waals surface area contributed by atoms with Crippen LogP contribution < -0.4 is 10.2 Å². The van der Waals surface area contributed by atoms with E-state index >= 15 is 0 Å². The molecule has 118 valence electrons. The summed E-state index contributed by atoms with van der Waals surface area (Å²) in [7, 11) is 0. The van der Waals surface area contributed by atoms with Gasteiger partial charge in [0.25, 0.3) is 0 Å². The van der Waals surface area contributed by atoms with E-state index in [2.05, 4.69) is 52.8 Å². The number of aromatic nitrogens is 2. The lowest BCUT2D eigenvalue weighted by Crippen LogP contribution is -2.54. The number of hydrogen-bond acceptors (Lipinski definition) is 5. The third-order valence-corrected chi connectivity index (χ3v) is 4.53. The van der Waals surface area contributed by atoms with Crippen LogP contribution in [0.2, 0.25) is 0 Å². The minimum Gasteiger partial charge on any atom is -0.338 e. The van der Waals surface area contributed by atoms with Crippen LogP contribution >= 0.6 is 0 Å². The highest BCUT2D eigenvalue weighted by atomic mass is 15.3. The van der Waals surface area contributed by atoms with Crippen LogP contribution in [0, 0.1) is 0 Å². The average molecular weight is 291 g/mol. The molecule has 1 atom stereocenters. The van der Waals surface area contributed by atoms with Gasteiger partial charge in [0.1, 0.15) is 0 Å². The third-order valence-electron chi connectivity index (χ3n) is 4.53. The van der Waals surface area contributed by atoms with Crippen molar-refractivity contribution in [2.24, 2.45) is 0 Å². The van der Waals surface area contributed by atoms with Crippen molar-refractivity contribution in [1.82, 2.24) is 20.2 Å². The Hall–Kier alpha value is -1.20. The van der Waals surface area contributed by atoms with E-state index < -0.39 is 0 Å². The largest absolute Gasteiger partial charge is 0.338 e. The first-order valence-electron chi connectivity index (χ1n) is 8.03. The molecule has 0 radical (unpaired) electrons. The van der Waals surface area contributed by atoms with Crippen molar-refractivity contribution in [3.63, 3.8) is 0 Å². The highest BCUT2D eigenvalue weighted by molar-refractivity contribution is 5.29. The smallest absolute Gasteiger partial charge is 0.225 e. The average Bonchev–Trinajstić information content (AvgIpc) is 2.54. The summed E-state index contributed by atoms with van der Waals surface area (Å²) in [6.45, 7) is 14.3. The molecule has 0 bridgehead atoms. The van der Waals surface area contributed by atoms with Crippen molar-refractivity contribution in [2.75, 3.05) is 37.6 Å². The second kappa shape index (κ2) is 7.18. The van der Waals surface area contributed by atoms with Gasteiger partial charge in [-0.25, -0.2) is 9.97 Å². The summed E-state index contributed by atoms with van der Waals surface area (Å²) < 4.78 is 0. The number of anilines is 1. The fraction of sp³-hybridized carbons (Fsp3) is 0.750. The monoisotopic (exact) mass is 291 g/mol. The molecule has 1 saturated heterocycles.